The van der Waals surface area contributed by atoms with Crippen molar-refractivity contribution in [3.05, 3.63) is 24.0 Å². The first-order valence-electron chi connectivity index (χ1n) is 6.54. The van der Waals surface area contributed by atoms with E-state index in [0.717, 1.165) is 12.8 Å². The van der Waals surface area contributed by atoms with Crippen molar-refractivity contribution >= 4 is 21.8 Å². The van der Waals surface area contributed by atoms with Crippen LogP contribution < -0.4 is 4.74 Å². The Morgan fingerprint density at radius 2 is 2.21 bits per heavy atom. The van der Waals surface area contributed by atoms with E-state index in [1.54, 1.807) is 25.6 Å². The number of carbonyl (C=O) groups is 1. The number of carbonyl (C=O) groups excluding carboxylic acids is 1. The summed E-state index contributed by atoms with van der Waals surface area (Å²) in [4.78, 5) is 18.8. The first-order valence-corrected chi connectivity index (χ1v) is 7.46. The van der Waals surface area contributed by atoms with Gasteiger partial charge < -0.3 is 9.64 Å². The van der Waals surface area contributed by atoms with E-state index in [1.165, 1.54) is 12.8 Å². The highest BCUT2D eigenvalue weighted by atomic mass is 79.9. The van der Waals surface area contributed by atoms with Crippen LogP contribution in [0.25, 0.3) is 0 Å². The van der Waals surface area contributed by atoms with Crippen LogP contribution in [0.5, 0.6) is 5.75 Å². The van der Waals surface area contributed by atoms with E-state index in [0.29, 0.717) is 16.1 Å². The lowest BCUT2D eigenvalue weighted by atomic mass is 9.94. The van der Waals surface area contributed by atoms with E-state index in [4.69, 9.17) is 4.74 Å². The predicted octanol–water partition coefficient (Wildman–Crippen LogP) is 2.87. The van der Waals surface area contributed by atoms with Gasteiger partial charge in [-0.05, 0) is 18.9 Å². The molecule has 1 heterocycles. The van der Waals surface area contributed by atoms with Gasteiger partial charge in [0.15, 0.2) is 0 Å². The summed E-state index contributed by atoms with van der Waals surface area (Å²) in [6.45, 7) is 0. The highest BCUT2D eigenvalue weighted by Crippen LogP contribution is 2.29. The molecular formula is C14H19BrN2O2. The smallest absolute Gasteiger partial charge is 0.257 e. The zero-order valence-corrected chi connectivity index (χ0v) is 12.9. The molecule has 0 bridgehead atoms. The summed E-state index contributed by atoms with van der Waals surface area (Å²) in [6.07, 6.45) is 7.77. The van der Waals surface area contributed by atoms with Gasteiger partial charge in [-0.1, -0.05) is 28.8 Å². The number of nitrogens with zero attached hydrogens (tertiary/aromatic N) is 2. The van der Waals surface area contributed by atoms with Gasteiger partial charge in [-0.15, -0.1) is 0 Å². The second kappa shape index (κ2) is 6.37. The Morgan fingerprint density at radius 1 is 1.47 bits per heavy atom. The fourth-order valence-electron chi connectivity index (χ4n) is 2.56. The molecular weight excluding hydrogens is 308 g/mol. The Bertz CT molecular complexity index is 453. The van der Waals surface area contributed by atoms with Crippen LogP contribution in [0.15, 0.2) is 18.5 Å². The molecule has 1 aromatic heterocycles. The summed E-state index contributed by atoms with van der Waals surface area (Å²) in [5.74, 6) is 0.525. The molecule has 19 heavy (non-hydrogen) atoms. The van der Waals surface area contributed by atoms with Crippen molar-refractivity contribution in [3.63, 3.8) is 0 Å². The fourth-order valence-corrected chi connectivity index (χ4v) is 3.50. The molecule has 0 aliphatic heterocycles. The van der Waals surface area contributed by atoms with Crippen molar-refractivity contribution in [2.45, 2.75) is 36.6 Å². The Hall–Kier alpha value is -1.10. The van der Waals surface area contributed by atoms with Gasteiger partial charge in [0.05, 0.1) is 18.9 Å². The number of halogens is 1. The molecule has 1 fully saturated rings. The lowest BCUT2D eigenvalue weighted by Gasteiger charge is -2.35. The molecule has 104 valence electrons. The monoisotopic (exact) mass is 326 g/mol. The minimum atomic E-state index is -0.00407. The molecule has 2 atom stereocenters. The molecule has 1 aromatic rings. The van der Waals surface area contributed by atoms with Gasteiger partial charge >= 0.3 is 0 Å². The van der Waals surface area contributed by atoms with Crippen LogP contribution in [0.3, 0.4) is 0 Å². The van der Waals surface area contributed by atoms with Crippen LogP contribution in [-0.2, 0) is 0 Å². The molecule has 0 aromatic carbocycles. The average Bonchev–Trinajstić information content (AvgIpc) is 2.46. The van der Waals surface area contributed by atoms with E-state index < -0.39 is 0 Å². The molecule has 5 heteroatoms. The lowest BCUT2D eigenvalue weighted by Crippen LogP contribution is -2.44. The first-order chi connectivity index (χ1) is 9.15. The number of hydrogen-bond donors (Lipinski definition) is 0. The number of pyridine rings is 1. The minimum Gasteiger partial charge on any atom is -0.494 e. The summed E-state index contributed by atoms with van der Waals surface area (Å²) < 4.78 is 5.21. The van der Waals surface area contributed by atoms with Crippen LogP contribution in [0.1, 0.15) is 36.0 Å². The summed E-state index contributed by atoms with van der Waals surface area (Å²) in [5, 5.41) is 0. The van der Waals surface area contributed by atoms with E-state index in [2.05, 4.69) is 20.9 Å². The van der Waals surface area contributed by atoms with Crippen molar-refractivity contribution in [2.24, 2.45) is 0 Å². The van der Waals surface area contributed by atoms with Gasteiger partial charge in [-0.2, -0.15) is 0 Å². The van der Waals surface area contributed by atoms with Crippen LogP contribution in [-0.4, -0.2) is 40.8 Å². The second-order valence-electron chi connectivity index (χ2n) is 4.86. The van der Waals surface area contributed by atoms with E-state index in [1.807, 2.05) is 11.9 Å². The van der Waals surface area contributed by atoms with Crippen molar-refractivity contribution in [1.29, 1.82) is 0 Å². The summed E-state index contributed by atoms with van der Waals surface area (Å²) in [7, 11) is 3.42. The number of aromatic nitrogens is 1. The van der Waals surface area contributed by atoms with Crippen molar-refractivity contribution in [1.82, 2.24) is 9.88 Å². The Labute approximate surface area is 122 Å². The van der Waals surface area contributed by atoms with Crippen molar-refractivity contribution in [3.8, 4) is 5.75 Å². The molecule has 1 amide bonds. The number of methoxy groups -OCH3 is 1. The molecule has 0 spiro atoms. The topological polar surface area (TPSA) is 42.4 Å². The van der Waals surface area contributed by atoms with Gasteiger partial charge in [0.1, 0.15) is 5.75 Å². The fraction of sp³-hybridized carbons (Fsp3) is 0.571. The van der Waals surface area contributed by atoms with Gasteiger partial charge in [-0.3, -0.25) is 9.78 Å². The normalized spacial score (nSPS) is 22.9. The largest absolute Gasteiger partial charge is 0.494 e. The SMILES string of the molecule is COc1cnccc1C(=O)N(C)C1CCCCC1Br. The van der Waals surface area contributed by atoms with Gasteiger partial charge in [-0.25, -0.2) is 0 Å². The summed E-state index contributed by atoms with van der Waals surface area (Å²) in [5.41, 5.74) is 0.574. The lowest BCUT2D eigenvalue weighted by molar-refractivity contribution is 0.0701. The maximum Gasteiger partial charge on any atom is 0.257 e. The Balaban J connectivity index is 2.18. The molecule has 1 aliphatic carbocycles. The maximum absolute atomic E-state index is 12.6. The third-order valence-electron chi connectivity index (χ3n) is 3.70. The number of amides is 1. The Morgan fingerprint density at radius 3 is 2.89 bits per heavy atom. The highest BCUT2D eigenvalue weighted by Gasteiger charge is 2.30. The first kappa shape index (κ1) is 14.3. The summed E-state index contributed by atoms with van der Waals surface area (Å²) in [6, 6.07) is 1.96. The third-order valence-corrected chi connectivity index (χ3v) is 4.77. The number of hydrogen-bond acceptors (Lipinski definition) is 3. The summed E-state index contributed by atoms with van der Waals surface area (Å²) >= 11 is 3.69. The zero-order chi connectivity index (χ0) is 13.8. The second-order valence-corrected chi connectivity index (χ2v) is 6.04. The zero-order valence-electron chi connectivity index (χ0n) is 11.3. The van der Waals surface area contributed by atoms with Gasteiger partial charge in [0.25, 0.3) is 5.91 Å². The third kappa shape index (κ3) is 3.08. The molecule has 4 nitrogen and oxygen atoms in total. The number of ether oxygens (including phenoxy) is 1. The van der Waals surface area contributed by atoms with Gasteiger partial charge in [0, 0.05) is 24.1 Å². The maximum atomic E-state index is 12.6. The van der Waals surface area contributed by atoms with Crippen LogP contribution in [0.4, 0.5) is 0 Å². The van der Waals surface area contributed by atoms with E-state index in [9.17, 15) is 4.79 Å². The predicted molar refractivity (Wildman–Crippen MR) is 77.9 cm³/mol. The minimum absolute atomic E-state index is 0.00407. The average molecular weight is 327 g/mol. The molecule has 0 radical (unpaired) electrons. The molecule has 0 saturated heterocycles. The van der Waals surface area contributed by atoms with Crippen LogP contribution in [0.2, 0.25) is 0 Å². The van der Waals surface area contributed by atoms with Crippen LogP contribution >= 0.6 is 15.9 Å². The molecule has 2 rings (SSSR count). The standard InChI is InChI=1S/C14H19BrN2O2/c1-17(12-6-4-3-5-11(12)15)14(18)10-7-8-16-9-13(10)19-2/h7-9,11-12H,3-6H2,1-2H3. The van der Waals surface area contributed by atoms with Gasteiger partial charge in [0.2, 0.25) is 0 Å². The number of rotatable bonds is 3. The van der Waals surface area contributed by atoms with E-state index in [-0.39, 0.29) is 11.9 Å². The highest BCUT2D eigenvalue weighted by molar-refractivity contribution is 9.09. The van der Waals surface area contributed by atoms with Crippen molar-refractivity contribution < 1.29 is 9.53 Å². The van der Waals surface area contributed by atoms with E-state index >= 15 is 0 Å². The molecule has 0 N–H and O–H groups in total. The molecule has 1 saturated carbocycles. The molecule has 2 unspecified atom stereocenters. The molecule has 1 aliphatic rings. The Kier molecular flexibility index (Phi) is 4.80. The van der Waals surface area contributed by atoms with Crippen molar-refractivity contribution in [2.75, 3.05) is 14.2 Å². The quantitative estimate of drug-likeness (QED) is 0.802. The number of alkyl halides is 1. The van der Waals surface area contributed by atoms with Crippen LogP contribution in [0, 0.1) is 0 Å².